The van der Waals surface area contributed by atoms with Crippen LogP contribution in [0.2, 0.25) is 6.04 Å². The van der Waals surface area contributed by atoms with Crippen LogP contribution in [0.25, 0.3) is 0 Å². The first-order chi connectivity index (χ1) is 18.1. The fourth-order valence-electron chi connectivity index (χ4n) is 4.04. The minimum Gasteiger partial charge on any atom is -0.445 e. The van der Waals surface area contributed by atoms with Crippen molar-refractivity contribution in [1.29, 1.82) is 0 Å². The van der Waals surface area contributed by atoms with Gasteiger partial charge in [0.25, 0.3) is 0 Å². The van der Waals surface area contributed by atoms with Gasteiger partial charge in [-0.3, -0.25) is 0 Å². The van der Waals surface area contributed by atoms with E-state index in [9.17, 15) is 4.79 Å². The topological polar surface area (TPSA) is 69.3 Å². The lowest BCUT2D eigenvalue weighted by Crippen LogP contribution is -2.46. The summed E-state index contributed by atoms with van der Waals surface area (Å²) in [6.45, 7) is 8.06. The minimum atomic E-state index is -2.70. The Balaban J connectivity index is 1.52. The Bertz CT molecular complexity index is 994. The number of rotatable bonds is 15. The summed E-state index contributed by atoms with van der Waals surface area (Å²) >= 11 is 0. The number of hydrogen-bond acceptors (Lipinski definition) is 6. The number of amides is 1. The van der Waals surface area contributed by atoms with Crippen molar-refractivity contribution in [2.75, 3.05) is 31.3 Å². The molecule has 0 atom stereocenters. The zero-order chi connectivity index (χ0) is 26.3. The van der Waals surface area contributed by atoms with Gasteiger partial charge in [0.15, 0.2) is 0 Å². The second-order valence-electron chi connectivity index (χ2n) is 8.26. The Labute approximate surface area is 221 Å². The van der Waals surface area contributed by atoms with Crippen molar-refractivity contribution in [1.82, 2.24) is 5.32 Å². The molecule has 0 unspecified atom stereocenters. The molecule has 0 aromatic heterocycles. The molecule has 0 spiro atoms. The van der Waals surface area contributed by atoms with Crippen molar-refractivity contribution in [3.63, 3.8) is 0 Å². The van der Waals surface area contributed by atoms with Crippen LogP contribution in [-0.2, 0) is 24.6 Å². The fourth-order valence-corrected chi connectivity index (χ4v) is 6.65. The van der Waals surface area contributed by atoms with Crippen LogP contribution in [0.4, 0.5) is 21.9 Å². The molecule has 0 heterocycles. The number of benzene rings is 3. The molecule has 1 amide bonds. The van der Waals surface area contributed by atoms with Crippen molar-refractivity contribution in [2.45, 2.75) is 39.8 Å². The molecule has 198 valence electrons. The first-order valence-electron chi connectivity index (χ1n) is 12.9. The third kappa shape index (κ3) is 8.72. The van der Waals surface area contributed by atoms with E-state index in [0.717, 1.165) is 22.6 Å². The first kappa shape index (κ1) is 28.4. The van der Waals surface area contributed by atoms with Crippen molar-refractivity contribution in [3.05, 3.63) is 90.5 Å². The Hall–Kier alpha value is -3.17. The summed E-state index contributed by atoms with van der Waals surface area (Å²) in [5.41, 5.74) is 4.08. The van der Waals surface area contributed by atoms with Crippen molar-refractivity contribution in [2.24, 2.45) is 0 Å². The molecule has 0 radical (unpaired) electrons. The molecule has 0 aliphatic carbocycles. The van der Waals surface area contributed by atoms with Gasteiger partial charge in [-0.2, -0.15) is 0 Å². The molecule has 0 fully saturated rings. The molecule has 0 bridgehead atoms. The van der Waals surface area contributed by atoms with Crippen LogP contribution in [0.15, 0.2) is 84.9 Å². The lowest BCUT2D eigenvalue weighted by molar-refractivity contribution is 0.0706. The van der Waals surface area contributed by atoms with Gasteiger partial charge in [-0.05, 0) is 69.2 Å². The molecular formula is C29H38N2O5Si. The average molecular weight is 523 g/mol. The van der Waals surface area contributed by atoms with Crippen LogP contribution in [0.1, 0.15) is 32.8 Å². The molecule has 37 heavy (non-hydrogen) atoms. The number of alkyl carbamates (subject to hydrolysis) is 1. The van der Waals surface area contributed by atoms with Crippen LogP contribution in [0.5, 0.6) is 0 Å². The molecule has 3 aromatic rings. The number of carbonyl (C=O) groups excluding carboxylic acids is 1. The lowest BCUT2D eigenvalue weighted by Gasteiger charge is -2.28. The summed E-state index contributed by atoms with van der Waals surface area (Å²) < 4.78 is 23.0. The zero-order valence-electron chi connectivity index (χ0n) is 22.0. The highest BCUT2D eigenvalue weighted by atomic mass is 28.4. The molecule has 0 aliphatic heterocycles. The molecule has 0 saturated heterocycles. The predicted octanol–water partition coefficient (Wildman–Crippen LogP) is 6.82. The summed E-state index contributed by atoms with van der Waals surface area (Å²) in [4.78, 5) is 14.4. The Kier molecular flexibility index (Phi) is 11.6. The molecular weight excluding hydrogens is 484 g/mol. The van der Waals surface area contributed by atoms with Gasteiger partial charge in [-0.25, -0.2) is 4.79 Å². The third-order valence-corrected chi connectivity index (χ3v) is 8.77. The summed E-state index contributed by atoms with van der Waals surface area (Å²) in [6, 6.07) is 29.1. The summed E-state index contributed by atoms with van der Waals surface area (Å²) in [6.07, 6.45) is 0.237. The molecule has 3 aromatic carbocycles. The highest BCUT2D eigenvalue weighted by Gasteiger charge is 2.39. The number of ether oxygens (including phenoxy) is 1. The maximum absolute atomic E-state index is 12.2. The van der Waals surface area contributed by atoms with E-state index < -0.39 is 14.9 Å². The van der Waals surface area contributed by atoms with Crippen molar-refractivity contribution in [3.8, 4) is 0 Å². The number of anilines is 3. The van der Waals surface area contributed by atoms with Crippen molar-refractivity contribution < 1.29 is 22.8 Å². The molecule has 0 saturated carbocycles. The van der Waals surface area contributed by atoms with E-state index in [0.29, 0.717) is 38.8 Å². The number of carbonyl (C=O) groups is 1. The smallest absolute Gasteiger partial charge is 0.445 e. The van der Waals surface area contributed by atoms with Gasteiger partial charge in [0.1, 0.15) is 6.61 Å². The molecule has 7 nitrogen and oxygen atoms in total. The second kappa shape index (κ2) is 15.2. The second-order valence-corrected chi connectivity index (χ2v) is 11.0. The Morgan fingerprint density at radius 3 is 1.70 bits per heavy atom. The van der Waals surface area contributed by atoms with E-state index in [1.165, 1.54) is 0 Å². The van der Waals surface area contributed by atoms with Gasteiger partial charge in [0.05, 0.1) is 0 Å². The fraction of sp³-hybridized carbons (Fsp3) is 0.345. The number of para-hydroxylation sites is 2. The SMILES string of the molecule is CCO[Si](CCCNC(=O)OCc1ccc(N(c2ccccc2)c2ccccc2)cc1)(OCC)OCC. The molecule has 0 aliphatic rings. The van der Waals surface area contributed by atoms with Gasteiger partial charge < -0.3 is 28.2 Å². The van der Waals surface area contributed by atoms with Crippen LogP contribution in [0.3, 0.4) is 0 Å². The van der Waals surface area contributed by atoms with E-state index in [2.05, 4.69) is 34.5 Å². The van der Waals surface area contributed by atoms with Gasteiger partial charge in [-0.15, -0.1) is 0 Å². The number of nitrogens with zero attached hydrogens (tertiary/aromatic N) is 1. The third-order valence-electron chi connectivity index (χ3n) is 5.62. The summed E-state index contributed by atoms with van der Waals surface area (Å²) in [7, 11) is -2.70. The standard InChI is InChI=1S/C29H38N2O5Si/c1-4-34-37(35-5-2,36-6-3)23-13-22-30-29(32)33-24-25-18-20-28(21-19-25)31(26-14-9-7-10-15-26)27-16-11-8-12-17-27/h7-12,14-21H,4-6,13,22-24H2,1-3H3,(H,30,32). The maximum atomic E-state index is 12.2. The van der Waals surface area contributed by atoms with Gasteiger partial charge in [0.2, 0.25) is 0 Å². The van der Waals surface area contributed by atoms with Gasteiger partial charge in [0, 0.05) is 49.5 Å². The normalized spacial score (nSPS) is 11.2. The first-order valence-corrected chi connectivity index (χ1v) is 14.9. The Morgan fingerprint density at radius 1 is 0.730 bits per heavy atom. The van der Waals surface area contributed by atoms with E-state index in [-0.39, 0.29) is 6.61 Å². The largest absolute Gasteiger partial charge is 0.500 e. The van der Waals surface area contributed by atoms with E-state index in [1.54, 1.807) is 0 Å². The minimum absolute atomic E-state index is 0.193. The summed E-state index contributed by atoms with van der Waals surface area (Å²) in [5.74, 6) is 0. The van der Waals surface area contributed by atoms with E-state index >= 15 is 0 Å². The maximum Gasteiger partial charge on any atom is 0.500 e. The van der Waals surface area contributed by atoms with E-state index in [4.69, 9.17) is 18.0 Å². The summed E-state index contributed by atoms with van der Waals surface area (Å²) in [5, 5.41) is 2.81. The van der Waals surface area contributed by atoms with E-state index in [1.807, 2.05) is 81.4 Å². The molecule has 1 N–H and O–H groups in total. The average Bonchev–Trinajstić information content (AvgIpc) is 2.92. The highest BCUT2D eigenvalue weighted by molar-refractivity contribution is 6.60. The van der Waals surface area contributed by atoms with Crippen LogP contribution >= 0.6 is 0 Å². The van der Waals surface area contributed by atoms with Crippen molar-refractivity contribution >= 4 is 32.0 Å². The molecule has 3 rings (SSSR count). The molecule has 8 heteroatoms. The van der Waals surface area contributed by atoms with Gasteiger partial charge >= 0.3 is 14.9 Å². The van der Waals surface area contributed by atoms with Gasteiger partial charge in [-0.1, -0.05) is 48.5 Å². The zero-order valence-corrected chi connectivity index (χ0v) is 23.0. The van der Waals surface area contributed by atoms with Crippen LogP contribution < -0.4 is 10.2 Å². The highest BCUT2D eigenvalue weighted by Crippen LogP contribution is 2.34. The number of hydrogen-bond donors (Lipinski definition) is 1. The lowest BCUT2D eigenvalue weighted by atomic mass is 10.1. The number of nitrogens with one attached hydrogen (secondary N) is 1. The predicted molar refractivity (Wildman–Crippen MR) is 149 cm³/mol. The van der Waals surface area contributed by atoms with Crippen LogP contribution in [0, 0.1) is 0 Å². The Morgan fingerprint density at radius 2 is 1.22 bits per heavy atom. The monoisotopic (exact) mass is 522 g/mol. The van der Waals surface area contributed by atoms with Crippen LogP contribution in [-0.4, -0.2) is 41.3 Å². The quantitative estimate of drug-likeness (QED) is 0.174.